The van der Waals surface area contributed by atoms with E-state index < -0.39 is 21.3 Å². The molecule has 8 heteroatoms. The first-order valence-electron chi connectivity index (χ1n) is 6.74. The Morgan fingerprint density at radius 1 is 1.05 bits per heavy atom. The minimum Gasteiger partial charge on any atom is -0.743 e. The van der Waals surface area contributed by atoms with Crippen molar-refractivity contribution in [1.82, 2.24) is 0 Å². The van der Waals surface area contributed by atoms with Gasteiger partial charge < -0.3 is 9.29 Å². The number of carbonyl (C=O) groups is 1. The fraction of sp³-hybridized carbons (Fsp3) is 0.917. The van der Waals surface area contributed by atoms with Crippen molar-refractivity contribution in [3.63, 3.8) is 0 Å². The molecule has 0 aromatic heterocycles. The highest BCUT2D eigenvalue weighted by Gasteiger charge is 2.48. The molecular weight excluding hydrogens is 294 g/mol. The summed E-state index contributed by atoms with van der Waals surface area (Å²) >= 11 is 0. The normalized spacial score (nSPS) is 12.4. The number of hydrogen-bond donors (Lipinski definition) is 0. The van der Waals surface area contributed by atoms with Crippen LogP contribution in [0.15, 0.2) is 0 Å². The Hall–Kier alpha value is -0.760. The van der Waals surface area contributed by atoms with E-state index in [-0.39, 0.29) is 6.61 Å². The molecule has 0 radical (unpaired) electrons. The molecule has 0 aliphatic carbocycles. The fourth-order valence-corrected chi connectivity index (χ4v) is 1.85. The van der Waals surface area contributed by atoms with Gasteiger partial charge in [-0.15, -0.1) is 0 Å². The number of rotatable bonds is 11. The lowest BCUT2D eigenvalue weighted by molar-refractivity contribution is -0.161. The van der Waals surface area contributed by atoms with E-state index in [4.69, 9.17) is 0 Å². The van der Waals surface area contributed by atoms with Crippen LogP contribution < -0.4 is 0 Å². The van der Waals surface area contributed by atoms with Gasteiger partial charge in [0, 0.05) is 0 Å². The third kappa shape index (κ3) is 7.14. The van der Waals surface area contributed by atoms with E-state index in [0.29, 0.717) is 12.8 Å². The summed E-state index contributed by atoms with van der Waals surface area (Å²) < 4.78 is 60.0. The highest BCUT2D eigenvalue weighted by atomic mass is 32.2. The van der Waals surface area contributed by atoms with Crippen molar-refractivity contribution in [2.45, 2.75) is 63.5 Å². The molecule has 5 nitrogen and oxygen atoms in total. The van der Waals surface area contributed by atoms with Crippen molar-refractivity contribution in [2.24, 2.45) is 0 Å². The molecule has 0 aliphatic rings. The second-order valence-corrected chi connectivity index (χ2v) is 6.00. The smallest absolute Gasteiger partial charge is 0.428 e. The van der Waals surface area contributed by atoms with E-state index in [2.05, 4.69) is 11.7 Å². The van der Waals surface area contributed by atoms with Crippen LogP contribution in [0.4, 0.5) is 8.78 Å². The average Bonchev–Trinajstić information content (AvgIpc) is 2.35. The minimum atomic E-state index is -6.02. The van der Waals surface area contributed by atoms with Crippen molar-refractivity contribution in [3.8, 4) is 0 Å². The van der Waals surface area contributed by atoms with Crippen molar-refractivity contribution in [1.29, 1.82) is 0 Å². The maximum absolute atomic E-state index is 12.7. The quantitative estimate of drug-likeness (QED) is 0.332. The highest BCUT2D eigenvalue weighted by Crippen LogP contribution is 2.22. The number of alkyl halides is 2. The molecule has 0 saturated heterocycles. The van der Waals surface area contributed by atoms with Gasteiger partial charge in [0.2, 0.25) is 0 Å². The lowest BCUT2D eigenvalue weighted by Gasteiger charge is -2.17. The van der Waals surface area contributed by atoms with Gasteiger partial charge in [-0.05, 0) is 6.42 Å². The van der Waals surface area contributed by atoms with Gasteiger partial charge in [0.15, 0.2) is 10.1 Å². The molecule has 0 saturated carbocycles. The maximum Gasteiger partial charge on any atom is 0.428 e. The molecule has 0 heterocycles. The maximum atomic E-state index is 12.7. The van der Waals surface area contributed by atoms with Gasteiger partial charge in [-0.2, -0.15) is 8.78 Å². The van der Waals surface area contributed by atoms with Gasteiger partial charge in [-0.1, -0.05) is 51.9 Å². The van der Waals surface area contributed by atoms with E-state index in [9.17, 15) is 26.5 Å². The third-order valence-corrected chi connectivity index (χ3v) is 3.58. The van der Waals surface area contributed by atoms with Gasteiger partial charge in [0.25, 0.3) is 0 Å². The molecule has 0 aromatic carbocycles. The predicted molar refractivity (Wildman–Crippen MR) is 68.2 cm³/mol. The molecule has 120 valence electrons. The van der Waals surface area contributed by atoms with E-state index in [0.717, 1.165) is 25.7 Å². The zero-order chi connectivity index (χ0) is 15.6. The monoisotopic (exact) mass is 315 g/mol. The number of ether oxygens (including phenoxy) is 1. The molecule has 0 bridgehead atoms. The van der Waals surface area contributed by atoms with E-state index >= 15 is 0 Å². The largest absolute Gasteiger partial charge is 0.743 e. The molecule has 0 fully saturated rings. The molecule has 0 N–H and O–H groups in total. The van der Waals surface area contributed by atoms with Crippen LogP contribution in [0.2, 0.25) is 0 Å². The number of unbranched alkanes of at least 4 members (excludes halogenated alkanes) is 7. The topological polar surface area (TPSA) is 83.5 Å². The summed E-state index contributed by atoms with van der Waals surface area (Å²) in [7, 11) is -6.02. The van der Waals surface area contributed by atoms with Gasteiger partial charge in [-0.25, -0.2) is 13.2 Å². The number of halogens is 2. The minimum absolute atomic E-state index is 0.307. The van der Waals surface area contributed by atoms with Crippen LogP contribution in [0.3, 0.4) is 0 Å². The van der Waals surface area contributed by atoms with Crippen molar-refractivity contribution in [2.75, 3.05) is 6.61 Å². The Bertz CT molecular complexity index is 381. The van der Waals surface area contributed by atoms with Gasteiger partial charge >= 0.3 is 11.2 Å². The number of carbonyl (C=O) groups excluding carboxylic acids is 1. The number of esters is 1. The Balaban J connectivity index is 3.69. The summed E-state index contributed by atoms with van der Waals surface area (Å²) in [4.78, 5) is 10.8. The predicted octanol–water partition coefficient (Wildman–Crippen LogP) is 2.81. The Kier molecular flexibility index (Phi) is 8.88. The lowest BCUT2D eigenvalue weighted by atomic mass is 10.1. The van der Waals surface area contributed by atoms with Crippen molar-refractivity contribution >= 4 is 16.1 Å². The summed E-state index contributed by atoms with van der Waals surface area (Å²) in [6.45, 7) is 1.81. The van der Waals surface area contributed by atoms with E-state index in [1.165, 1.54) is 12.8 Å². The Morgan fingerprint density at radius 2 is 1.50 bits per heavy atom. The van der Waals surface area contributed by atoms with Crippen LogP contribution in [0.5, 0.6) is 0 Å². The Morgan fingerprint density at radius 3 is 1.95 bits per heavy atom. The summed E-state index contributed by atoms with van der Waals surface area (Å²) in [5.74, 6) is -2.30. The highest BCUT2D eigenvalue weighted by molar-refractivity contribution is 7.87. The van der Waals surface area contributed by atoms with Crippen LogP contribution in [0, 0.1) is 0 Å². The SMILES string of the molecule is CCCCCCCCCCOC(=O)C(F)(F)S(=O)(=O)[O-]. The average molecular weight is 315 g/mol. The molecule has 0 aromatic rings. The summed E-state index contributed by atoms with van der Waals surface area (Å²) in [5.41, 5.74) is 0. The Labute approximate surface area is 118 Å². The molecular formula is C12H21F2O5S-. The first kappa shape index (κ1) is 19.2. The second kappa shape index (κ2) is 9.23. The zero-order valence-corrected chi connectivity index (χ0v) is 12.4. The molecule has 0 spiro atoms. The van der Waals surface area contributed by atoms with Gasteiger partial charge in [0.1, 0.15) is 0 Å². The lowest BCUT2D eigenvalue weighted by Crippen LogP contribution is -2.39. The standard InChI is InChI=1S/C12H22F2O5S/c1-2-3-4-5-6-7-8-9-10-19-11(15)12(13,14)20(16,17)18/h2-10H2,1H3,(H,16,17,18)/p-1. The van der Waals surface area contributed by atoms with Crippen LogP contribution in [-0.4, -0.2) is 30.8 Å². The zero-order valence-electron chi connectivity index (χ0n) is 11.6. The van der Waals surface area contributed by atoms with Gasteiger partial charge in [0.05, 0.1) is 6.61 Å². The molecule has 0 atom stereocenters. The first-order chi connectivity index (χ1) is 9.23. The fourth-order valence-electron chi connectivity index (χ4n) is 1.59. The van der Waals surface area contributed by atoms with Crippen LogP contribution in [0.1, 0.15) is 58.3 Å². The van der Waals surface area contributed by atoms with Crippen LogP contribution in [-0.2, 0) is 19.6 Å². The summed E-state index contributed by atoms with van der Waals surface area (Å²) in [5, 5.41) is -5.01. The first-order valence-corrected chi connectivity index (χ1v) is 8.14. The summed E-state index contributed by atoms with van der Waals surface area (Å²) in [6, 6.07) is 0. The summed E-state index contributed by atoms with van der Waals surface area (Å²) in [6.07, 6.45) is 7.63. The molecule has 20 heavy (non-hydrogen) atoms. The van der Waals surface area contributed by atoms with E-state index in [1.54, 1.807) is 0 Å². The van der Waals surface area contributed by atoms with Crippen molar-refractivity contribution < 1.29 is 31.3 Å². The second-order valence-electron chi connectivity index (χ2n) is 4.58. The molecule has 0 rings (SSSR count). The van der Waals surface area contributed by atoms with E-state index in [1.807, 2.05) is 0 Å². The number of hydrogen-bond acceptors (Lipinski definition) is 5. The molecule has 0 unspecified atom stereocenters. The van der Waals surface area contributed by atoms with Crippen molar-refractivity contribution in [3.05, 3.63) is 0 Å². The molecule has 0 amide bonds. The molecule has 0 aliphatic heterocycles. The van der Waals surface area contributed by atoms with Crippen LogP contribution in [0.25, 0.3) is 0 Å². The third-order valence-electron chi connectivity index (χ3n) is 2.78. The van der Waals surface area contributed by atoms with Crippen LogP contribution >= 0.6 is 0 Å². The van der Waals surface area contributed by atoms with Gasteiger partial charge in [-0.3, -0.25) is 0 Å².